The second-order valence-electron chi connectivity index (χ2n) is 7.94. The third-order valence-electron chi connectivity index (χ3n) is 5.76. The van der Waals surface area contributed by atoms with Crippen molar-refractivity contribution in [2.45, 2.75) is 12.6 Å². The molecule has 2 aliphatic heterocycles. The van der Waals surface area contributed by atoms with Crippen molar-refractivity contribution in [3.8, 4) is 5.75 Å². The van der Waals surface area contributed by atoms with Crippen LogP contribution in [0.3, 0.4) is 0 Å². The smallest absolute Gasteiger partial charge is 0.421 e. The topological polar surface area (TPSA) is 106 Å². The summed E-state index contributed by atoms with van der Waals surface area (Å²) in [6, 6.07) is 9.64. The Hall–Kier alpha value is -3.63. The Labute approximate surface area is 197 Å². The molecule has 0 spiro atoms. The molecule has 0 bridgehead atoms. The molecule has 0 fully saturated rings. The molecule has 1 amide bonds. The summed E-state index contributed by atoms with van der Waals surface area (Å²) in [6.45, 7) is 1.72. The Balaban J connectivity index is 1.56. The van der Waals surface area contributed by atoms with Gasteiger partial charge in [-0.15, -0.1) is 0 Å². The van der Waals surface area contributed by atoms with E-state index in [9.17, 15) is 22.5 Å². The van der Waals surface area contributed by atoms with Gasteiger partial charge in [0.1, 0.15) is 11.3 Å². The summed E-state index contributed by atoms with van der Waals surface area (Å²) < 4.78 is 61.6. The van der Waals surface area contributed by atoms with E-state index in [1.165, 1.54) is 13.8 Å². The normalized spacial score (nSPS) is 18.3. The number of rotatable bonds is 5. The van der Waals surface area contributed by atoms with Crippen molar-refractivity contribution < 1.29 is 32.1 Å². The minimum atomic E-state index is -4.76. The number of aromatic nitrogens is 2. The van der Waals surface area contributed by atoms with Crippen LogP contribution in [-0.4, -0.2) is 36.3 Å². The molecule has 13 heteroatoms. The zero-order valence-electron chi connectivity index (χ0n) is 18.5. The first-order valence-corrected chi connectivity index (χ1v) is 12.5. The molecule has 1 aromatic heterocycles. The minimum Gasteiger partial charge on any atom is -0.491 e. The predicted molar refractivity (Wildman–Crippen MR) is 122 cm³/mol. The Kier molecular flexibility index (Phi) is 5.45. The molecule has 2 aromatic carbocycles. The van der Waals surface area contributed by atoms with Crippen LogP contribution in [0.1, 0.15) is 21.5 Å². The summed E-state index contributed by atoms with van der Waals surface area (Å²) in [6.07, 6.45) is -3.65. The molecule has 35 heavy (non-hydrogen) atoms. The molecule has 2 N–H and O–H groups in total. The van der Waals surface area contributed by atoms with Gasteiger partial charge in [0.25, 0.3) is 5.91 Å². The van der Waals surface area contributed by atoms with Crippen molar-refractivity contribution in [2.75, 3.05) is 30.4 Å². The van der Waals surface area contributed by atoms with Crippen molar-refractivity contribution in [3.05, 3.63) is 59.3 Å². The lowest BCUT2D eigenvalue weighted by Gasteiger charge is -2.42. The number of fused-ring (bicyclic) bond motifs is 2. The second kappa shape index (κ2) is 8.24. The van der Waals surface area contributed by atoms with Crippen molar-refractivity contribution in [1.82, 2.24) is 15.4 Å². The first-order valence-electron chi connectivity index (χ1n) is 10.4. The third kappa shape index (κ3) is 3.78. The van der Waals surface area contributed by atoms with E-state index in [1.54, 1.807) is 36.4 Å². The highest BCUT2D eigenvalue weighted by Gasteiger charge is 2.47. The molecular weight excluding hydrogens is 486 g/mol. The van der Waals surface area contributed by atoms with Crippen LogP contribution in [0.2, 0.25) is 0 Å². The largest absolute Gasteiger partial charge is 0.491 e. The highest BCUT2D eigenvalue weighted by atomic mass is 31.2. The van der Waals surface area contributed by atoms with Crippen LogP contribution in [-0.2, 0) is 22.0 Å². The van der Waals surface area contributed by atoms with Gasteiger partial charge in [0.2, 0.25) is 13.2 Å². The van der Waals surface area contributed by atoms with Crippen LogP contribution in [0.5, 0.6) is 5.75 Å². The summed E-state index contributed by atoms with van der Waals surface area (Å²) in [5.41, 5.74) is 2.89. The lowest BCUT2D eigenvalue weighted by Crippen LogP contribution is -2.37. The van der Waals surface area contributed by atoms with Crippen LogP contribution in [0.15, 0.2) is 42.6 Å². The molecule has 1 atom stereocenters. The fourth-order valence-electron chi connectivity index (χ4n) is 4.23. The Morgan fingerprint density at radius 3 is 2.74 bits per heavy atom. The van der Waals surface area contributed by atoms with Gasteiger partial charge in [-0.3, -0.25) is 18.9 Å². The number of alkyl halides is 3. The van der Waals surface area contributed by atoms with Crippen molar-refractivity contribution in [1.29, 1.82) is 0 Å². The number of anilines is 4. The molecular formula is C22H19F3N5O4P. The zero-order chi connectivity index (χ0) is 25.0. The minimum absolute atomic E-state index is 0.149. The van der Waals surface area contributed by atoms with Gasteiger partial charge in [-0.1, -0.05) is 12.1 Å². The average Bonchev–Trinajstić information content (AvgIpc) is 3.29. The standard InChI is InChI=1S/C22H19F3N5O4P/c1-33-29-20(31)13-7-8-15(18-12(13)9-10-34-18)27-21-26-11-14(22(23,24)25)19(28-21)30-16-5-3-4-6-17(16)35(30,2)32/h3-8,11H,9-10H2,1-2H3,(H,29,31)(H,26,27,28). The van der Waals surface area contributed by atoms with Gasteiger partial charge in [-0.2, -0.15) is 18.2 Å². The zero-order valence-corrected chi connectivity index (χ0v) is 19.4. The van der Waals surface area contributed by atoms with Crippen molar-refractivity contribution in [3.63, 3.8) is 0 Å². The molecule has 0 saturated carbocycles. The van der Waals surface area contributed by atoms with Crippen LogP contribution >= 0.6 is 7.29 Å². The maximum Gasteiger partial charge on any atom is 0.421 e. The Morgan fingerprint density at radius 2 is 2.00 bits per heavy atom. The first kappa shape index (κ1) is 23.1. The summed E-state index contributed by atoms with van der Waals surface area (Å²) in [5.74, 6) is -0.740. The third-order valence-corrected chi connectivity index (χ3v) is 8.20. The van der Waals surface area contributed by atoms with E-state index in [-0.39, 0.29) is 5.95 Å². The summed E-state index contributed by atoms with van der Waals surface area (Å²) in [5, 5.41) is 3.37. The number of hydrogen-bond donors (Lipinski definition) is 2. The number of halogens is 3. The van der Waals surface area contributed by atoms with Crippen LogP contribution in [0, 0.1) is 0 Å². The molecule has 9 nitrogen and oxygen atoms in total. The summed E-state index contributed by atoms with van der Waals surface area (Å²) in [7, 11) is -1.97. The molecule has 0 radical (unpaired) electrons. The second-order valence-corrected chi connectivity index (χ2v) is 10.6. The van der Waals surface area contributed by atoms with Gasteiger partial charge < -0.3 is 10.1 Å². The number of ether oxygens (including phenoxy) is 1. The van der Waals surface area contributed by atoms with Crippen LogP contribution in [0.4, 0.5) is 36.3 Å². The number of nitrogens with zero attached hydrogens (tertiary/aromatic N) is 3. The number of carbonyl (C=O) groups is 1. The first-order chi connectivity index (χ1) is 16.6. The van der Waals surface area contributed by atoms with E-state index in [4.69, 9.17) is 4.74 Å². The maximum absolute atomic E-state index is 13.8. The average molecular weight is 505 g/mol. The highest BCUT2D eigenvalue weighted by Crippen LogP contribution is 2.62. The molecule has 2 aliphatic rings. The highest BCUT2D eigenvalue weighted by molar-refractivity contribution is 7.75. The monoisotopic (exact) mass is 505 g/mol. The van der Waals surface area contributed by atoms with E-state index in [2.05, 4.69) is 25.6 Å². The maximum atomic E-state index is 13.8. The van der Waals surface area contributed by atoms with E-state index in [0.29, 0.717) is 52.8 Å². The number of nitrogens with one attached hydrogen (secondary N) is 2. The van der Waals surface area contributed by atoms with Crippen molar-refractivity contribution >= 4 is 41.6 Å². The Bertz CT molecular complexity index is 1400. The molecule has 182 valence electrons. The number of hydrogen-bond acceptors (Lipinski definition) is 7. The van der Waals surface area contributed by atoms with Gasteiger partial charge in [0.15, 0.2) is 5.82 Å². The Morgan fingerprint density at radius 1 is 1.23 bits per heavy atom. The van der Waals surface area contributed by atoms with Crippen LogP contribution in [0.25, 0.3) is 0 Å². The molecule has 3 heterocycles. The van der Waals surface area contributed by atoms with Gasteiger partial charge >= 0.3 is 6.18 Å². The lowest BCUT2D eigenvalue weighted by atomic mass is 10.0. The van der Waals surface area contributed by atoms with E-state index >= 15 is 0 Å². The van der Waals surface area contributed by atoms with Crippen LogP contribution < -0.4 is 25.5 Å². The fraction of sp³-hybridized carbons (Fsp3) is 0.227. The lowest BCUT2D eigenvalue weighted by molar-refractivity contribution is -0.137. The van der Waals surface area contributed by atoms with Gasteiger partial charge in [0.05, 0.1) is 30.4 Å². The fourth-order valence-corrected chi connectivity index (χ4v) is 6.36. The number of carbonyl (C=O) groups excluding carboxylic acids is 1. The number of para-hydroxylation sites is 1. The SMILES string of the molecule is CONC(=O)c1ccc(Nc2ncc(C(F)(F)F)c(N3c4ccccc4P3(C)=O)n2)c2c1CCO2. The summed E-state index contributed by atoms with van der Waals surface area (Å²) in [4.78, 5) is 24.9. The molecule has 0 aliphatic carbocycles. The molecule has 5 rings (SSSR count). The number of amides is 1. The quantitative estimate of drug-likeness (QED) is 0.394. The van der Waals surface area contributed by atoms with E-state index in [1.807, 2.05) is 0 Å². The molecule has 3 aromatic rings. The summed E-state index contributed by atoms with van der Waals surface area (Å²) >= 11 is 0. The van der Waals surface area contributed by atoms with Gasteiger partial charge in [0, 0.05) is 30.4 Å². The van der Waals surface area contributed by atoms with Gasteiger partial charge in [-0.05, 0) is 24.3 Å². The molecule has 1 unspecified atom stereocenters. The number of benzene rings is 2. The van der Waals surface area contributed by atoms with Gasteiger partial charge in [-0.25, -0.2) is 10.5 Å². The number of hydroxylamine groups is 1. The van der Waals surface area contributed by atoms with Crippen molar-refractivity contribution in [2.24, 2.45) is 0 Å². The van der Waals surface area contributed by atoms with E-state index in [0.717, 1.165) is 4.67 Å². The molecule has 0 saturated heterocycles. The van der Waals surface area contributed by atoms with E-state index < -0.39 is 30.8 Å². The predicted octanol–water partition coefficient (Wildman–Crippen LogP) is 4.15.